The molecule has 6 atom stereocenters. The van der Waals surface area contributed by atoms with E-state index in [0.717, 1.165) is 38.5 Å². The van der Waals surface area contributed by atoms with Gasteiger partial charge >= 0.3 is 5.97 Å². The smallest absolute Gasteiger partial charge is 0.309 e. The molecule has 0 aromatic carbocycles. The molecular weight excluding hydrogens is 394 g/mol. The molecule has 1 heterocycles. The number of carbonyl (C=O) groups is 2. The summed E-state index contributed by atoms with van der Waals surface area (Å²) < 4.78 is 6.35. The fourth-order valence-corrected chi connectivity index (χ4v) is 8.30. The van der Waals surface area contributed by atoms with Crippen LogP contribution in [0.3, 0.4) is 0 Å². The lowest BCUT2D eigenvalue weighted by Crippen LogP contribution is -2.54. The van der Waals surface area contributed by atoms with Gasteiger partial charge in [-0.25, -0.2) is 0 Å². The third-order valence-corrected chi connectivity index (χ3v) is 9.22. The Kier molecular flexibility index (Phi) is 4.33. The second-order valence-corrected chi connectivity index (χ2v) is 10.4. The summed E-state index contributed by atoms with van der Waals surface area (Å²) in [7, 11) is 3.46. The largest absolute Gasteiger partial charge is 0.469 e. The summed E-state index contributed by atoms with van der Waals surface area (Å²) in [5.41, 5.74) is 1.35. The van der Waals surface area contributed by atoms with E-state index < -0.39 is 0 Å². The van der Waals surface area contributed by atoms with E-state index in [1.54, 1.807) is 0 Å². The fourth-order valence-electron chi connectivity index (χ4n) is 7.21. The summed E-state index contributed by atoms with van der Waals surface area (Å²) in [5.74, 6) is 2.02. The first-order chi connectivity index (χ1) is 12.2. The maximum absolute atomic E-state index is 12.4. The normalized spacial score (nSPS) is 45.1. The molecule has 0 spiro atoms. The Morgan fingerprint density at radius 3 is 2.62 bits per heavy atom. The van der Waals surface area contributed by atoms with Crippen LogP contribution in [0.5, 0.6) is 0 Å². The van der Waals surface area contributed by atoms with Crippen LogP contribution in [0, 0.1) is 34.5 Å². The number of allylic oxidation sites excluding steroid dienone is 2. The van der Waals surface area contributed by atoms with E-state index in [1.165, 1.54) is 17.3 Å². The quantitative estimate of drug-likeness (QED) is 0.583. The maximum Gasteiger partial charge on any atom is 0.309 e. The number of hydrogen-bond acceptors (Lipinski definition) is 3. The molecule has 26 heavy (non-hydrogen) atoms. The first kappa shape index (κ1) is 18.5. The van der Waals surface area contributed by atoms with Crippen molar-refractivity contribution in [1.29, 1.82) is 0 Å². The molecule has 4 nitrogen and oxygen atoms in total. The molecule has 0 aromatic rings. The highest BCUT2D eigenvalue weighted by Gasteiger charge is 2.61. The Hall–Kier alpha value is -0.840. The molecule has 3 aliphatic carbocycles. The van der Waals surface area contributed by atoms with Gasteiger partial charge in [0.1, 0.15) is 0 Å². The molecule has 0 radical (unpaired) electrons. The molecule has 1 aliphatic heterocycles. The van der Waals surface area contributed by atoms with E-state index in [1.807, 2.05) is 11.9 Å². The molecule has 1 unspecified atom stereocenters. The van der Waals surface area contributed by atoms with Crippen LogP contribution in [0.15, 0.2) is 10.2 Å². The number of piperidine rings is 1. The lowest BCUT2D eigenvalue weighted by atomic mass is 9.49. The van der Waals surface area contributed by atoms with E-state index in [-0.39, 0.29) is 28.6 Å². The molecule has 4 aliphatic rings. The highest BCUT2D eigenvalue weighted by Crippen LogP contribution is 2.67. The number of nitrogens with zero attached hydrogens (tertiary/aromatic N) is 1. The van der Waals surface area contributed by atoms with Crippen molar-refractivity contribution in [1.82, 2.24) is 4.90 Å². The fraction of sp³-hybridized carbons (Fsp3) is 0.810. The van der Waals surface area contributed by atoms with E-state index >= 15 is 0 Å². The lowest BCUT2D eigenvalue weighted by Gasteiger charge is -2.58. The molecule has 4 rings (SSSR count). The van der Waals surface area contributed by atoms with Crippen LogP contribution in [0.4, 0.5) is 0 Å². The first-order valence-corrected chi connectivity index (χ1v) is 10.8. The molecule has 0 bridgehead atoms. The zero-order valence-corrected chi connectivity index (χ0v) is 17.9. The number of amides is 1. The van der Waals surface area contributed by atoms with Crippen molar-refractivity contribution in [3.05, 3.63) is 10.2 Å². The minimum Gasteiger partial charge on any atom is -0.469 e. The van der Waals surface area contributed by atoms with Crippen molar-refractivity contribution in [2.75, 3.05) is 14.2 Å². The summed E-state index contributed by atoms with van der Waals surface area (Å²) in [6.45, 7) is 4.70. The van der Waals surface area contributed by atoms with Gasteiger partial charge in [-0.1, -0.05) is 29.8 Å². The lowest BCUT2D eigenvalue weighted by molar-refractivity contribution is -0.153. The minimum atomic E-state index is -0.0197. The van der Waals surface area contributed by atoms with Gasteiger partial charge in [-0.3, -0.25) is 9.59 Å². The van der Waals surface area contributed by atoms with E-state index in [4.69, 9.17) is 4.74 Å². The third kappa shape index (κ3) is 2.31. The molecule has 144 valence electrons. The standard InChI is InChI=1S/C21H30BrNO3/c1-20-9-7-14-12(13(20)5-6-15(20)19(25)26-4)11-16(22)18-21(14,2)10-8-17(24)23(18)3/h12-15H,5-11H2,1-4H3/t12-,13-,14+,15?,20-,21+/m0/s1. The second kappa shape index (κ2) is 6.08. The number of esters is 1. The van der Waals surface area contributed by atoms with E-state index in [2.05, 4.69) is 29.8 Å². The van der Waals surface area contributed by atoms with Gasteiger partial charge in [0.15, 0.2) is 0 Å². The molecule has 1 amide bonds. The topological polar surface area (TPSA) is 46.6 Å². The Balaban J connectivity index is 1.72. The zero-order valence-electron chi connectivity index (χ0n) is 16.3. The maximum atomic E-state index is 12.4. The molecule has 3 fully saturated rings. The highest BCUT2D eigenvalue weighted by molar-refractivity contribution is 9.11. The SMILES string of the molecule is COC(=O)C1CC[C@H]2[C@@H]3CC(Br)=C4N(C)C(=O)CC[C@]4(C)[C@@H]3CC[C@]12C. The molecule has 1 saturated heterocycles. The van der Waals surface area contributed by atoms with Crippen LogP contribution < -0.4 is 0 Å². The first-order valence-electron chi connectivity index (χ1n) is 9.97. The molecule has 0 N–H and O–H groups in total. The minimum absolute atomic E-state index is 0.0197. The average Bonchev–Trinajstić information content (AvgIpc) is 2.95. The van der Waals surface area contributed by atoms with Crippen molar-refractivity contribution in [2.24, 2.45) is 34.5 Å². The zero-order chi connectivity index (χ0) is 18.9. The van der Waals surface area contributed by atoms with Gasteiger partial charge in [0.25, 0.3) is 0 Å². The van der Waals surface area contributed by atoms with E-state index in [0.29, 0.717) is 24.2 Å². The van der Waals surface area contributed by atoms with Crippen molar-refractivity contribution >= 4 is 27.8 Å². The Morgan fingerprint density at radius 2 is 1.92 bits per heavy atom. The molecular formula is C21H30BrNO3. The van der Waals surface area contributed by atoms with Crippen LogP contribution >= 0.6 is 15.9 Å². The Morgan fingerprint density at radius 1 is 1.19 bits per heavy atom. The summed E-state index contributed by atoms with van der Waals surface area (Å²) in [5, 5.41) is 0. The number of likely N-dealkylation sites (tertiary alicyclic amines) is 1. The number of fused-ring (bicyclic) bond motifs is 5. The monoisotopic (exact) mass is 423 g/mol. The van der Waals surface area contributed by atoms with E-state index in [9.17, 15) is 9.59 Å². The predicted octanol–water partition coefficient (Wildman–Crippen LogP) is 4.49. The molecule has 0 aromatic heterocycles. The van der Waals surface area contributed by atoms with Crippen molar-refractivity contribution in [3.8, 4) is 0 Å². The van der Waals surface area contributed by atoms with Crippen molar-refractivity contribution < 1.29 is 14.3 Å². The van der Waals surface area contributed by atoms with Gasteiger partial charge in [0.2, 0.25) is 5.91 Å². The summed E-state index contributed by atoms with van der Waals surface area (Å²) in [4.78, 5) is 26.6. The van der Waals surface area contributed by atoms with Crippen LogP contribution in [0.25, 0.3) is 0 Å². The second-order valence-electron chi connectivity index (χ2n) is 9.40. The average molecular weight is 424 g/mol. The summed E-state index contributed by atoms with van der Waals surface area (Å²) in [6, 6.07) is 0. The number of halogens is 1. The van der Waals surface area contributed by atoms with Crippen molar-refractivity contribution in [3.63, 3.8) is 0 Å². The Bertz CT molecular complexity index is 689. The van der Waals surface area contributed by atoms with Gasteiger partial charge in [-0.05, 0) is 61.7 Å². The number of hydrogen-bond donors (Lipinski definition) is 0. The van der Waals surface area contributed by atoms with Gasteiger partial charge in [-0.2, -0.15) is 0 Å². The van der Waals surface area contributed by atoms with Crippen LogP contribution in [0.2, 0.25) is 0 Å². The third-order valence-electron chi connectivity index (χ3n) is 8.52. The van der Waals surface area contributed by atoms with Gasteiger partial charge < -0.3 is 9.64 Å². The number of rotatable bonds is 1. The molecule has 2 saturated carbocycles. The van der Waals surface area contributed by atoms with Gasteiger partial charge in [0, 0.05) is 29.1 Å². The van der Waals surface area contributed by atoms with Crippen LogP contribution in [0.1, 0.15) is 58.8 Å². The van der Waals surface area contributed by atoms with Crippen LogP contribution in [-0.2, 0) is 14.3 Å². The molecule has 5 heteroatoms. The predicted molar refractivity (Wildman–Crippen MR) is 103 cm³/mol. The Labute approximate surface area is 164 Å². The number of carbonyl (C=O) groups excluding carboxylic acids is 2. The number of ether oxygens (including phenoxy) is 1. The van der Waals surface area contributed by atoms with Crippen molar-refractivity contribution in [2.45, 2.75) is 58.8 Å². The summed E-state index contributed by atoms with van der Waals surface area (Å²) in [6.07, 6.45) is 6.92. The van der Waals surface area contributed by atoms with Crippen LogP contribution in [-0.4, -0.2) is 30.9 Å². The number of methoxy groups -OCH3 is 1. The van der Waals surface area contributed by atoms with Gasteiger partial charge in [0.05, 0.1) is 13.0 Å². The van der Waals surface area contributed by atoms with Gasteiger partial charge in [-0.15, -0.1) is 0 Å². The summed E-state index contributed by atoms with van der Waals surface area (Å²) >= 11 is 3.86. The highest BCUT2D eigenvalue weighted by atomic mass is 79.9.